The van der Waals surface area contributed by atoms with Gasteiger partial charge < -0.3 is 4.74 Å². The summed E-state index contributed by atoms with van der Waals surface area (Å²) in [5, 5.41) is 5.07. The number of rotatable bonds is 3. The van der Waals surface area contributed by atoms with Crippen LogP contribution in [0.4, 0.5) is 8.78 Å². The molecule has 0 spiro atoms. The second-order valence-electron chi connectivity index (χ2n) is 2.44. The van der Waals surface area contributed by atoms with Gasteiger partial charge in [0.05, 0.1) is 11.5 Å². The van der Waals surface area contributed by atoms with E-state index in [1.54, 1.807) is 6.92 Å². The average Bonchev–Trinajstić information content (AvgIpc) is 2.11. The van der Waals surface area contributed by atoms with Gasteiger partial charge in [0.1, 0.15) is 16.7 Å². The molecule has 78 valence electrons. The van der Waals surface area contributed by atoms with E-state index in [0.29, 0.717) is 0 Å². The first kappa shape index (κ1) is 11.1. The van der Waals surface area contributed by atoms with Crippen molar-refractivity contribution in [1.29, 1.82) is 0 Å². The normalized spacial score (nSPS) is 12.6. The monoisotopic (exact) mass is 221 g/mol. The molecule has 1 atom stereocenters. The van der Waals surface area contributed by atoms with Crippen molar-refractivity contribution in [1.82, 2.24) is 0 Å². The molecule has 0 aliphatic carbocycles. The lowest BCUT2D eigenvalue weighted by Crippen LogP contribution is -2.07. The van der Waals surface area contributed by atoms with Crippen molar-refractivity contribution in [2.24, 2.45) is 5.14 Å². The summed E-state index contributed by atoms with van der Waals surface area (Å²) >= 11 is 0. The van der Waals surface area contributed by atoms with Crippen molar-refractivity contribution >= 4 is 11.0 Å². The Bertz CT molecular complexity index is 371. The second-order valence-corrected chi connectivity index (χ2v) is 3.48. The molecule has 3 nitrogen and oxygen atoms in total. The number of halogens is 2. The van der Waals surface area contributed by atoms with Crippen molar-refractivity contribution in [2.45, 2.75) is 11.8 Å². The molecule has 2 N–H and O–H groups in total. The SMILES string of the molecule is CCOc1cc(F)c(F)cc1S(N)=O. The Hall–Kier alpha value is -1.01. The Kier molecular flexibility index (Phi) is 3.54. The first-order valence-electron chi connectivity index (χ1n) is 3.84. The van der Waals surface area contributed by atoms with Crippen molar-refractivity contribution in [3.63, 3.8) is 0 Å². The third kappa shape index (κ3) is 2.27. The van der Waals surface area contributed by atoms with Crippen molar-refractivity contribution in [3.05, 3.63) is 23.8 Å². The zero-order valence-electron chi connectivity index (χ0n) is 7.42. The minimum Gasteiger partial charge on any atom is -0.492 e. The van der Waals surface area contributed by atoms with E-state index in [-0.39, 0.29) is 17.3 Å². The Morgan fingerprint density at radius 2 is 2.00 bits per heavy atom. The molecule has 0 amide bonds. The van der Waals surface area contributed by atoms with Gasteiger partial charge in [-0.25, -0.2) is 18.1 Å². The van der Waals surface area contributed by atoms with Gasteiger partial charge in [-0.3, -0.25) is 0 Å². The predicted octanol–water partition coefficient (Wildman–Crippen LogP) is 1.34. The van der Waals surface area contributed by atoms with Crippen LogP contribution < -0.4 is 9.88 Å². The Labute approximate surface area is 82.5 Å². The van der Waals surface area contributed by atoms with Gasteiger partial charge in [-0.15, -0.1) is 0 Å². The molecule has 1 aromatic carbocycles. The highest BCUT2D eigenvalue weighted by Crippen LogP contribution is 2.24. The first-order valence-corrected chi connectivity index (χ1v) is 5.05. The summed E-state index contributed by atoms with van der Waals surface area (Å²) in [6, 6.07) is 1.61. The highest BCUT2D eigenvalue weighted by atomic mass is 32.2. The molecule has 6 heteroatoms. The van der Waals surface area contributed by atoms with Gasteiger partial charge >= 0.3 is 0 Å². The standard InChI is InChI=1S/C8H9F2NO2S/c1-2-13-7-3-5(9)6(10)4-8(7)14(11)12/h3-4H,2,11H2,1H3. The number of hydrogen-bond donors (Lipinski definition) is 1. The summed E-state index contributed by atoms with van der Waals surface area (Å²) in [6.07, 6.45) is 0. The third-order valence-electron chi connectivity index (χ3n) is 1.50. The summed E-state index contributed by atoms with van der Waals surface area (Å²) in [5.74, 6) is -2.14. The largest absolute Gasteiger partial charge is 0.492 e. The topological polar surface area (TPSA) is 52.3 Å². The van der Waals surface area contributed by atoms with E-state index in [1.165, 1.54) is 0 Å². The number of ether oxygens (including phenoxy) is 1. The molecule has 0 aromatic heterocycles. The van der Waals surface area contributed by atoms with Crippen LogP contribution in [0, 0.1) is 11.6 Å². The molecule has 1 unspecified atom stereocenters. The van der Waals surface area contributed by atoms with Gasteiger partial charge in [0.15, 0.2) is 11.6 Å². The molecule has 0 aliphatic heterocycles. The van der Waals surface area contributed by atoms with E-state index < -0.39 is 22.6 Å². The molecule has 0 radical (unpaired) electrons. The fraction of sp³-hybridized carbons (Fsp3) is 0.250. The molecule has 0 bridgehead atoms. The van der Waals surface area contributed by atoms with Crippen LogP contribution in [0.2, 0.25) is 0 Å². The summed E-state index contributed by atoms with van der Waals surface area (Å²) in [5.41, 5.74) is 0. The lowest BCUT2D eigenvalue weighted by atomic mass is 10.3. The molecule has 1 rings (SSSR count). The van der Waals surface area contributed by atoms with Crippen LogP contribution in [-0.4, -0.2) is 10.8 Å². The molecule has 0 aliphatic rings. The maximum absolute atomic E-state index is 12.8. The molecule has 0 heterocycles. The second kappa shape index (κ2) is 4.47. The molecule has 14 heavy (non-hydrogen) atoms. The maximum atomic E-state index is 12.8. The quantitative estimate of drug-likeness (QED) is 0.837. The smallest absolute Gasteiger partial charge is 0.162 e. The number of benzene rings is 1. The molecule has 1 aromatic rings. The summed E-state index contributed by atoms with van der Waals surface area (Å²) in [4.78, 5) is -0.0502. The van der Waals surface area contributed by atoms with Crippen LogP contribution in [0.15, 0.2) is 17.0 Å². The predicted molar refractivity (Wildman–Crippen MR) is 48.1 cm³/mol. The zero-order valence-corrected chi connectivity index (χ0v) is 8.24. The molecule has 0 saturated carbocycles. The van der Waals surface area contributed by atoms with E-state index in [1.807, 2.05) is 0 Å². The summed E-state index contributed by atoms with van der Waals surface area (Å²) in [7, 11) is -1.89. The first-order chi connectivity index (χ1) is 6.56. The lowest BCUT2D eigenvalue weighted by molar-refractivity contribution is 0.327. The van der Waals surface area contributed by atoms with Crippen LogP contribution in [-0.2, 0) is 11.0 Å². The van der Waals surface area contributed by atoms with Crippen LogP contribution in [0.5, 0.6) is 5.75 Å². The van der Waals surface area contributed by atoms with Crippen LogP contribution in [0.1, 0.15) is 6.92 Å². The van der Waals surface area contributed by atoms with Crippen molar-refractivity contribution in [3.8, 4) is 5.75 Å². The number of hydrogen-bond acceptors (Lipinski definition) is 2. The molecular formula is C8H9F2NO2S. The third-order valence-corrected chi connectivity index (χ3v) is 2.26. The van der Waals surface area contributed by atoms with Crippen LogP contribution in [0.25, 0.3) is 0 Å². The fourth-order valence-corrected chi connectivity index (χ4v) is 1.47. The zero-order chi connectivity index (χ0) is 10.7. The van der Waals surface area contributed by atoms with Crippen molar-refractivity contribution < 1.29 is 17.7 Å². The van der Waals surface area contributed by atoms with E-state index >= 15 is 0 Å². The van der Waals surface area contributed by atoms with E-state index in [0.717, 1.165) is 12.1 Å². The highest BCUT2D eigenvalue weighted by molar-refractivity contribution is 7.82. The summed E-state index contributed by atoms with van der Waals surface area (Å²) in [6.45, 7) is 1.93. The molecule has 0 fully saturated rings. The van der Waals surface area contributed by atoms with Gasteiger partial charge in [0.25, 0.3) is 0 Å². The molecular weight excluding hydrogens is 212 g/mol. The van der Waals surface area contributed by atoms with E-state index in [2.05, 4.69) is 0 Å². The van der Waals surface area contributed by atoms with Gasteiger partial charge in [0.2, 0.25) is 0 Å². The fourth-order valence-electron chi connectivity index (χ4n) is 0.936. The van der Waals surface area contributed by atoms with Gasteiger partial charge in [-0.2, -0.15) is 0 Å². The van der Waals surface area contributed by atoms with Crippen LogP contribution >= 0.6 is 0 Å². The van der Waals surface area contributed by atoms with Crippen LogP contribution in [0.3, 0.4) is 0 Å². The summed E-state index contributed by atoms with van der Waals surface area (Å²) < 4.78 is 41.4. The molecule has 0 saturated heterocycles. The lowest BCUT2D eigenvalue weighted by Gasteiger charge is -2.07. The minimum absolute atomic E-state index is 0.00670. The van der Waals surface area contributed by atoms with Gasteiger partial charge in [-0.05, 0) is 13.0 Å². The Morgan fingerprint density at radius 3 is 2.50 bits per heavy atom. The van der Waals surface area contributed by atoms with E-state index in [9.17, 15) is 13.0 Å². The van der Waals surface area contributed by atoms with Gasteiger partial charge in [0, 0.05) is 6.07 Å². The Morgan fingerprint density at radius 1 is 1.43 bits per heavy atom. The van der Waals surface area contributed by atoms with Crippen molar-refractivity contribution in [2.75, 3.05) is 6.61 Å². The average molecular weight is 221 g/mol. The highest BCUT2D eigenvalue weighted by Gasteiger charge is 2.13. The maximum Gasteiger partial charge on any atom is 0.162 e. The van der Waals surface area contributed by atoms with E-state index in [4.69, 9.17) is 9.88 Å². The van der Waals surface area contributed by atoms with Gasteiger partial charge in [-0.1, -0.05) is 0 Å². The Balaban J connectivity index is 3.24. The number of nitrogens with two attached hydrogens (primary N) is 1. The minimum atomic E-state index is -1.89.